The summed E-state index contributed by atoms with van der Waals surface area (Å²) in [6.07, 6.45) is 3.88. The Morgan fingerprint density at radius 2 is 1.79 bits per heavy atom. The van der Waals surface area contributed by atoms with E-state index < -0.39 is 65.5 Å². The second-order valence-corrected chi connectivity index (χ2v) is 19.4. The summed E-state index contributed by atoms with van der Waals surface area (Å²) in [5.74, 6) is -2.37. The molecule has 322 valence electrons. The number of halogens is 1. The monoisotopic (exact) mass is 867 g/mol. The highest BCUT2D eigenvalue weighted by Crippen LogP contribution is 2.49. The number of ether oxygens (including phenoxy) is 4. The summed E-state index contributed by atoms with van der Waals surface area (Å²) in [6.45, 7) is 11.0. The van der Waals surface area contributed by atoms with Gasteiger partial charge in [-0.2, -0.15) is 0 Å². The number of alkyl carbamates (subject to hydrolysis) is 1. The summed E-state index contributed by atoms with van der Waals surface area (Å²) < 4.78 is 23.6. The van der Waals surface area contributed by atoms with E-state index in [4.69, 9.17) is 35.7 Å². The first-order chi connectivity index (χ1) is 27.2. The van der Waals surface area contributed by atoms with Gasteiger partial charge in [0, 0.05) is 56.2 Å². The molecule has 2 unspecified atom stereocenters. The van der Waals surface area contributed by atoms with E-state index in [9.17, 15) is 29.1 Å². The van der Waals surface area contributed by atoms with Crippen LogP contribution in [0.4, 0.5) is 10.5 Å². The van der Waals surface area contributed by atoms with Crippen molar-refractivity contribution < 1.29 is 53.1 Å². The number of carboxylic acid groups (broad SMARTS) is 1. The highest BCUT2D eigenvalue weighted by molar-refractivity contribution is 8.77. The molecule has 3 N–H and O–H groups in total. The van der Waals surface area contributed by atoms with Crippen molar-refractivity contribution >= 4 is 68.7 Å². The van der Waals surface area contributed by atoms with E-state index in [1.807, 2.05) is 39.8 Å². The Bertz CT molecular complexity index is 1760. The number of aliphatic hydroxyl groups is 1. The summed E-state index contributed by atoms with van der Waals surface area (Å²) in [5, 5.41) is 23.4. The molecule has 3 aliphatic heterocycles. The van der Waals surface area contributed by atoms with Crippen LogP contribution in [0.1, 0.15) is 92.1 Å². The zero-order valence-corrected chi connectivity index (χ0v) is 37.1. The summed E-state index contributed by atoms with van der Waals surface area (Å²) in [7, 11) is 7.79. The third-order valence-corrected chi connectivity index (χ3v) is 15.0. The first-order valence-corrected chi connectivity index (χ1v) is 22.2. The normalized spacial score (nSPS) is 29.3. The lowest BCUT2D eigenvalue weighted by Gasteiger charge is -2.39. The van der Waals surface area contributed by atoms with Crippen LogP contribution in [0, 0.1) is 5.92 Å². The summed E-state index contributed by atoms with van der Waals surface area (Å²) in [4.78, 5) is 67.7. The van der Waals surface area contributed by atoms with Gasteiger partial charge in [0.25, 0.3) is 0 Å². The van der Waals surface area contributed by atoms with Crippen molar-refractivity contribution in [3.63, 3.8) is 0 Å². The van der Waals surface area contributed by atoms with Crippen LogP contribution in [0.3, 0.4) is 0 Å². The molecule has 0 radical (unpaired) electrons. The van der Waals surface area contributed by atoms with Crippen LogP contribution in [0.15, 0.2) is 35.9 Å². The fraction of sp³-hybridized carbons (Fsp3) is 0.634. The van der Waals surface area contributed by atoms with Crippen LogP contribution in [0.25, 0.3) is 0 Å². The van der Waals surface area contributed by atoms with Crippen molar-refractivity contribution in [1.29, 1.82) is 0 Å². The molecule has 0 spiro atoms. The van der Waals surface area contributed by atoms with Gasteiger partial charge in [-0.15, -0.1) is 0 Å². The standard InChI is InChI=1S/C41H58ClN3O11S2/c1-23-12-10-11-17-41(52)22-31(54-39(51)43-41)26(4)37-40(6,56-37)32(21-34(47)45(8)29-19-28(18-23)20-30(53-9)36(29)42)55-38(50)27(5)44(7)33(46)15-13-24(2)57-58-25(3)14-16-35(48)49/h10-12,19-20,24-27,31-32,37,52H,13-18,21-22H2,1-9H3,(H,43,51)(H,48,49)/b11-10+,23-12+/t24?,25?,26-,27+,31+,32+,37+,40+,41-/m1/s1. The number of epoxide rings is 1. The van der Waals surface area contributed by atoms with Crippen LogP contribution >= 0.6 is 33.2 Å². The highest BCUT2D eigenvalue weighted by Gasteiger charge is 2.64. The zero-order chi connectivity index (χ0) is 43.1. The van der Waals surface area contributed by atoms with Crippen molar-refractivity contribution in [2.24, 2.45) is 5.92 Å². The van der Waals surface area contributed by atoms with Gasteiger partial charge in [0.05, 0.1) is 25.3 Å². The second-order valence-electron chi connectivity index (χ2n) is 15.9. The summed E-state index contributed by atoms with van der Waals surface area (Å²) in [5.41, 5.74) is -0.613. The van der Waals surface area contributed by atoms with E-state index in [2.05, 4.69) is 5.32 Å². The lowest BCUT2D eigenvalue weighted by molar-refractivity contribution is -0.162. The number of methoxy groups -OCH3 is 1. The predicted octanol–water partition coefficient (Wildman–Crippen LogP) is 6.69. The number of carbonyl (C=O) groups is 5. The van der Waals surface area contributed by atoms with Gasteiger partial charge >= 0.3 is 18.0 Å². The molecule has 1 aromatic rings. The zero-order valence-electron chi connectivity index (χ0n) is 34.7. The number of fused-ring (bicyclic) bond motifs is 5. The molecule has 4 rings (SSSR count). The fourth-order valence-corrected chi connectivity index (χ4v) is 9.90. The SMILES string of the molecule is COc1cc2cc(c1Cl)N(C)C(=O)C[C@H](OC(=O)[C@H](C)N(C)C(=O)CCC(C)SSC(C)CCC(=O)O)[C@]1(C)O[C@H]1[C@H](C)[C@@H]1C[C@](O)(C/C=C/C=C(\C)C2)NC(=O)O1. The predicted molar refractivity (Wildman–Crippen MR) is 225 cm³/mol. The number of nitrogens with zero attached hydrogens (tertiary/aromatic N) is 2. The van der Waals surface area contributed by atoms with E-state index in [1.54, 1.807) is 60.7 Å². The third kappa shape index (κ3) is 12.3. The van der Waals surface area contributed by atoms with Crippen LogP contribution in [-0.2, 0) is 39.8 Å². The summed E-state index contributed by atoms with van der Waals surface area (Å²) >= 11 is 6.77. The number of amides is 3. The molecular weight excluding hydrogens is 810 g/mol. The Morgan fingerprint density at radius 1 is 1.14 bits per heavy atom. The van der Waals surface area contributed by atoms with Crippen molar-refractivity contribution in [3.05, 3.63) is 46.5 Å². The first-order valence-electron chi connectivity index (χ1n) is 19.5. The number of benzene rings is 1. The van der Waals surface area contributed by atoms with E-state index >= 15 is 0 Å². The minimum absolute atomic E-state index is 0.0582. The Hall–Kier alpha value is -3.44. The second kappa shape index (κ2) is 20.2. The number of likely N-dealkylation sites (N-methyl/N-ethyl adjacent to an activating group) is 1. The van der Waals surface area contributed by atoms with Crippen LogP contribution in [0.5, 0.6) is 5.75 Å². The number of allylic oxidation sites excluding steroid dienone is 3. The molecule has 14 nitrogen and oxygen atoms in total. The smallest absolute Gasteiger partial charge is 0.409 e. The number of hydrogen-bond donors (Lipinski definition) is 3. The van der Waals surface area contributed by atoms with E-state index in [0.717, 1.165) is 11.1 Å². The fourth-order valence-electron chi connectivity index (χ4n) is 7.06. The Kier molecular flexibility index (Phi) is 16.5. The van der Waals surface area contributed by atoms with E-state index in [0.29, 0.717) is 30.7 Å². The molecule has 17 heteroatoms. The molecular formula is C41H58ClN3O11S2. The Morgan fingerprint density at radius 3 is 2.43 bits per heavy atom. The van der Waals surface area contributed by atoms with E-state index in [1.165, 1.54) is 24.0 Å². The molecule has 58 heavy (non-hydrogen) atoms. The van der Waals surface area contributed by atoms with Crippen LogP contribution in [0.2, 0.25) is 5.02 Å². The molecule has 4 bridgehead atoms. The van der Waals surface area contributed by atoms with Gasteiger partial charge in [0.1, 0.15) is 40.3 Å². The van der Waals surface area contributed by atoms with Crippen molar-refractivity contribution in [1.82, 2.24) is 10.2 Å². The average molecular weight is 869 g/mol. The van der Waals surface area contributed by atoms with Crippen molar-refractivity contribution in [2.75, 3.05) is 26.1 Å². The number of nitrogens with one attached hydrogen (secondary N) is 1. The lowest BCUT2D eigenvalue weighted by atomic mass is 9.84. The molecule has 3 heterocycles. The number of esters is 1. The van der Waals surface area contributed by atoms with Gasteiger partial charge < -0.3 is 39.0 Å². The molecule has 0 aromatic heterocycles. The molecule has 3 amide bonds. The molecule has 9 atom stereocenters. The van der Waals surface area contributed by atoms with Gasteiger partial charge in [-0.05, 0) is 57.7 Å². The van der Waals surface area contributed by atoms with Crippen molar-refractivity contribution in [3.8, 4) is 5.75 Å². The molecule has 0 saturated carbocycles. The molecule has 1 aromatic carbocycles. The minimum Gasteiger partial charge on any atom is -0.495 e. The number of carbonyl (C=O) groups excluding carboxylic acids is 4. The number of anilines is 1. The topological polar surface area (TPSA) is 185 Å². The lowest BCUT2D eigenvalue weighted by Crippen LogP contribution is -2.57. The maximum Gasteiger partial charge on any atom is 0.409 e. The van der Waals surface area contributed by atoms with Crippen molar-refractivity contribution in [2.45, 2.75) is 139 Å². The number of hydrogen-bond acceptors (Lipinski definition) is 12. The third-order valence-electron chi connectivity index (χ3n) is 11.1. The van der Waals surface area contributed by atoms with E-state index in [-0.39, 0.29) is 53.5 Å². The van der Waals surface area contributed by atoms with Gasteiger partial charge in [-0.25, -0.2) is 9.59 Å². The van der Waals surface area contributed by atoms with Crippen LogP contribution < -0.4 is 15.0 Å². The number of carboxylic acids is 1. The van der Waals surface area contributed by atoms with Crippen LogP contribution in [-0.4, -0.2) is 112 Å². The maximum absolute atomic E-state index is 14.2. The van der Waals surface area contributed by atoms with Gasteiger partial charge in [-0.1, -0.05) is 77.8 Å². The number of aliphatic carboxylic acids is 1. The molecule has 2 saturated heterocycles. The Balaban J connectivity index is 1.57. The van der Waals surface area contributed by atoms with Gasteiger partial charge in [0.2, 0.25) is 11.8 Å². The molecule has 2 fully saturated rings. The number of rotatable bonds is 13. The van der Waals surface area contributed by atoms with Gasteiger partial charge in [-0.3, -0.25) is 19.7 Å². The molecule has 3 aliphatic rings. The minimum atomic E-state index is -1.59. The molecule has 0 aliphatic carbocycles. The quantitative estimate of drug-likeness (QED) is 0.108. The Labute approximate surface area is 354 Å². The maximum atomic E-state index is 14.2. The average Bonchev–Trinajstić information content (AvgIpc) is 3.87. The largest absolute Gasteiger partial charge is 0.495 e. The van der Waals surface area contributed by atoms with Gasteiger partial charge in [0.15, 0.2) is 0 Å². The summed E-state index contributed by atoms with van der Waals surface area (Å²) in [6, 6.07) is 2.59. The first kappa shape index (κ1) is 47.2. The highest BCUT2D eigenvalue weighted by atomic mass is 35.5.